The van der Waals surface area contributed by atoms with Gasteiger partial charge in [0, 0.05) is 18.8 Å². The molecule has 0 aliphatic carbocycles. The molecular formula is C24H23FN4O3S2. The Morgan fingerprint density at radius 3 is 2.91 bits per heavy atom. The third-order valence-corrected chi connectivity index (χ3v) is 7.82. The number of amides is 2. The van der Waals surface area contributed by atoms with Crippen LogP contribution in [0.1, 0.15) is 25.9 Å². The van der Waals surface area contributed by atoms with Gasteiger partial charge in [0.05, 0.1) is 33.1 Å². The number of halogens is 1. The van der Waals surface area contributed by atoms with Gasteiger partial charge in [-0.15, -0.1) is 23.1 Å². The fourth-order valence-corrected chi connectivity index (χ4v) is 6.16. The molecule has 0 bridgehead atoms. The zero-order chi connectivity index (χ0) is 23.7. The number of rotatable bonds is 5. The highest BCUT2D eigenvalue weighted by Crippen LogP contribution is 2.34. The van der Waals surface area contributed by atoms with E-state index in [1.165, 1.54) is 23.5 Å². The van der Waals surface area contributed by atoms with Crippen LogP contribution in [0.4, 0.5) is 10.1 Å². The quantitative estimate of drug-likeness (QED) is 0.553. The maximum absolute atomic E-state index is 13.5. The summed E-state index contributed by atoms with van der Waals surface area (Å²) in [5, 5.41) is 6.98. The molecule has 7 nitrogen and oxygen atoms in total. The molecule has 1 aromatic heterocycles. The number of para-hydroxylation sites is 1. The Hall–Kier alpha value is -3.11. The molecule has 0 radical (unpaired) electrons. The topological polar surface area (TPSA) is 83.6 Å². The molecule has 1 fully saturated rings. The summed E-state index contributed by atoms with van der Waals surface area (Å²) in [5.41, 5.74) is 2.35. The average Bonchev–Trinajstić information content (AvgIpc) is 3.49. The van der Waals surface area contributed by atoms with Crippen molar-refractivity contribution in [1.82, 2.24) is 15.2 Å². The third kappa shape index (κ3) is 4.47. The van der Waals surface area contributed by atoms with Gasteiger partial charge in [0.15, 0.2) is 0 Å². The van der Waals surface area contributed by atoms with Crippen molar-refractivity contribution in [3.05, 3.63) is 64.5 Å². The number of hydrogen-bond acceptors (Lipinski definition) is 7. The molecule has 34 heavy (non-hydrogen) atoms. The van der Waals surface area contributed by atoms with Crippen LogP contribution >= 0.6 is 23.1 Å². The molecule has 2 aromatic carbocycles. The zero-order valence-corrected chi connectivity index (χ0v) is 20.1. The van der Waals surface area contributed by atoms with Crippen molar-refractivity contribution in [2.24, 2.45) is 0 Å². The summed E-state index contributed by atoms with van der Waals surface area (Å²) in [4.78, 5) is 33.4. The lowest BCUT2D eigenvalue weighted by molar-refractivity contribution is 0.0732. The molecule has 3 aromatic rings. The van der Waals surface area contributed by atoms with Crippen molar-refractivity contribution in [2.45, 2.75) is 13.0 Å². The minimum Gasteiger partial charge on any atom is -0.490 e. The number of aromatic nitrogens is 1. The predicted molar refractivity (Wildman–Crippen MR) is 132 cm³/mol. The molecule has 0 saturated carbocycles. The van der Waals surface area contributed by atoms with Crippen molar-refractivity contribution < 1.29 is 18.7 Å². The second kappa shape index (κ2) is 9.63. The highest BCUT2D eigenvalue weighted by Gasteiger charge is 2.33. The molecule has 2 N–H and O–H groups in total. The van der Waals surface area contributed by atoms with Gasteiger partial charge >= 0.3 is 0 Å². The van der Waals surface area contributed by atoms with Crippen molar-refractivity contribution in [3.8, 4) is 16.2 Å². The molecule has 0 spiro atoms. The van der Waals surface area contributed by atoms with E-state index in [0.29, 0.717) is 48.3 Å². The fourth-order valence-electron chi connectivity index (χ4n) is 4.05. The number of anilines is 1. The van der Waals surface area contributed by atoms with Gasteiger partial charge in [-0.2, -0.15) is 0 Å². The first kappa shape index (κ1) is 22.7. The second-order valence-corrected chi connectivity index (χ2v) is 10.2. The van der Waals surface area contributed by atoms with E-state index in [4.69, 9.17) is 4.74 Å². The highest BCUT2D eigenvalue weighted by atomic mass is 32.2. The minimum atomic E-state index is -0.328. The van der Waals surface area contributed by atoms with Crippen LogP contribution in [0.2, 0.25) is 0 Å². The van der Waals surface area contributed by atoms with Crippen LogP contribution in [-0.4, -0.2) is 59.1 Å². The molecule has 3 heterocycles. The highest BCUT2D eigenvalue weighted by molar-refractivity contribution is 7.99. The Labute approximate surface area is 204 Å². The molecule has 0 unspecified atom stereocenters. The second-order valence-electron chi connectivity index (χ2n) is 8.01. The van der Waals surface area contributed by atoms with Crippen LogP contribution in [0.15, 0.2) is 42.5 Å². The lowest BCUT2D eigenvalue weighted by Gasteiger charge is -2.25. The van der Waals surface area contributed by atoms with Gasteiger partial charge in [-0.25, -0.2) is 9.37 Å². The largest absolute Gasteiger partial charge is 0.490 e. The summed E-state index contributed by atoms with van der Waals surface area (Å²) < 4.78 is 19.0. The normalized spacial score (nSPS) is 17.0. The number of benzene rings is 2. The van der Waals surface area contributed by atoms with Crippen LogP contribution in [-0.2, 0) is 0 Å². The van der Waals surface area contributed by atoms with E-state index in [9.17, 15) is 14.0 Å². The Balaban J connectivity index is 1.31. The molecule has 2 amide bonds. The van der Waals surface area contributed by atoms with Crippen LogP contribution in [0, 0.1) is 12.7 Å². The standard InChI is InChI=1S/C24H23FN4O3S2/c1-14-28-21(22(34-14)15-5-7-16(25)8-6-15)24(31)29-13-33-12-17(29)11-27-23(30)18-3-2-4-19-20(18)26-9-10-32-19/h2-8,17,26H,9-13H2,1H3,(H,27,30)/t17-/m1/s1. The average molecular weight is 499 g/mol. The summed E-state index contributed by atoms with van der Waals surface area (Å²) in [7, 11) is 0. The number of carbonyl (C=O) groups is 2. The molecule has 1 atom stereocenters. The van der Waals surface area contributed by atoms with Gasteiger partial charge in [-0.1, -0.05) is 18.2 Å². The molecule has 2 aliphatic heterocycles. The predicted octanol–water partition coefficient (Wildman–Crippen LogP) is 4.01. The number of nitrogens with one attached hydrogen (secondary N) is 2. The molecule has 176 valence electrons. The lowest BCUT2D eigenvalue weighted by Crippen LogP contribution is -2.44. The molecular weight excluding hydrogens is 475 g/mol. The van der Waals surface area contributed by atoms with Crippen molar-refractivity contribution in [3.63, 3.8) is 0 Å². The van der Waals surface area contributed by atoms with E-state index >= 15 is 0 Å². The number of carbonyl (C=O) groups excluding carboxylic acids is 2. The Morgan fingerprint density at radius 2 is 2.09 bits per heavy atom. The SMILES string of the molecule is Cc1nc(C(=O)N2CSC[C@H]2CNC(=O)c2cccc3c2NCCO3)c(-c2ccc(F)cc2)s1. The van der Waals surface area contributed by atoms with Crippen LogP contribution in [0.5, 0.6) is 5.75 Å². The number of nitrogens with zero attached hydrogens (tertiary/aromatic N) is 2. The van der Waals surface area contributed by atoms with Crippen molar-refractivity contribution >= 4 is 40.6 Å². The monoisotopic (exact) mass is 498 g/mol. The summed E-state index contributed by atoms with van der Waals surface area (Å²) in [5.74, 6) is 1.19. The number of hydrogen-bond donors (Lipinski definition) is 2. The van der Waals surface area contributed by atoms with E-state index in [2.05, 4.69) is 15.6 Å². The van der Waals surface area contributed by atoms with Gasteiger partial charge in [-0.05, 0) is 36.8 Å². The summed E-state index contributed by atoms with van der Waals surface area (Å²) in [6.07, 6.45) is 0. The number of fused-ring (bicyclic) bond motifs is 1. The maximum atomic E-state index is 13.5. The Kier molecular flexibility index (Phi) is 6.42. The van der Waals surface area contributed by atoms with Gasteiger partial charge in [0.2, 0.25) is 0 Å². The number of thiazole rings is 1. The van der Waals surface area contributed by atoms with E-state index < -0.39 is 0 Å². The summed E-state index contributed by atoms with van der Waals surface area (Å²) >= 11 is 3.06. The Morgan fingerprint density at radius 1 is 1.26 bits per heavy atom. The van der Waals surface area contributed by atoms with Gasteiger partial charge in [0.1, 0.15) is 23.9 Å². The summed E-state index contributed by atoms with van der Waals surface area (Å²) in [6.45, 7) is 3.38. The van der Waals surface area contributed by atoms with Gasteiger partial charge in [0.25, 0.3) is 11.8 Å². The molecule has 10 heteroatoms. The summed E-state index contributed by atoms with van der Waals surface area (Å²) in [6, 6.07) is 11.3. The van der Waals surface area contributed by atoms with Crippen molar-refractivity contribution in [2.75, 3.05) is 36.6 Å². The van der Waals surface area contributed by atoms with Gasteiger partial charge < -0.3 is 20.3 Å². The number of thioether (sulfide) groups is 1. The first-order chi connectivity index (χ1) is 16.5. The smallest absolute Gasteiger partial charge is 0.275 e. The molecule has 1 saturated heterocycles. The minimum absolute atomic E-state index is 0.159. The lowest BCUT2D eigenvalue weighted by atomic mass is 10.1. The van der Waals surface area contributed by atoms with E-state index in [0.717, 1.165) is 21.2 Å². The zero-order valence-electron chi connectivity index (χ0n) is 18.5. The first-order valence-corrected chi connectivity index (χ1v) is 12.9. The van der Waals surface area contributed by atoms with E-state index in [1.807, 2.05) is 13.0 Å². The van der Waals surface area contributed by atoms with Crippen LogP contribution < -0.4 is 15.4 Å². The number of aryl methyl sites for hydroxylation is 1. The first-order valence-electron chi connectivity index (χ1n) is 10.9. The maximum Gasteiger partial charge on any atom is 0.275 e. The van der Waals surface area contributed by atoms with E-state index in [-0.39, 0.29) is 23.7 Å². The number of ether oxygens (including phenoxy) is 1. The molecule has 5 rings (SSSR count). The van der Waals surface area contributed by atoms with Gasteiger partial charge in [-0.3, -0.25) is 9.59 Å². The Bertz CT molecular complexity index is 1230. The van der Waals surface area contributed by atoms with E-state index in [1.54, 1.807) is 40.9 Å². The fraction of sp³-hybridized carbons (Fsp3) is 0.292. The van der Waals surface area contributed by atoms with Crippen LogP contribution in [0.3, 0.4) is 0 Å². The molecule has 2 aliphatic rings. The third-order valence-electron chi connectivity index (χ3n) is 5.72. The van der Waals surface area contributed by atoms with Crippen molar-refractivity contribution in [1.29, 1.82) is 0 Å². The van der Waals surface area contributed by atoms with Crippen LogP contribution in [0.25, 0.3) is 10.4 Å².